The molecule has 4 unspecified atom stereocenters. The van der Waals surface area contributed by atoms with Crippen LogP contribution in [0.4, 0.5) is 0 Å². The van der Waals surface area contributed by atoms with Crippen LogP contribution in [-0.4, -0.2) is 34.9 Å². The van der Waals surface area contributed by atoms with Crippen molar-refractivity contribution in [2.24, 2.45) is 11.8 Å². The molecule has 0 amide bonds. The second-order valence-electron chi connectivity index (χ2n) is 7.14. The molecule has 26 heavy (non-hydrogen) atoms. The van der Waals surface area contributed by atoms with Gasteiger partial charge in [-0.05, 0) is 31.1 Å². The number of hydrogen-bond donors (Lipinski definition) is 1. The lowest BCUT2D eigenvalue weighted by molar-refractivity contribution is -0.149. The molecule has 1 N–H and O–H groups in total. The lowest BCUT2D eigenvalue weighted by Crippen LogP contribution is -2.36. The molecule has 0 aromatic carbocycles. The average molecular weight is 360 g/mol. The number of esters is 1. The number of ether oxygens (including phenoxy) is 2. The predicted octanol–water partition coefficient (Wildman–Crippen LogP) is 2.37. The standard InChI is InChI=1S/C20H24O6/c1-3-4-5-6-15(22)18-17-14-10-25-13(7-11(2)21)8-12(14)9-16(23)19(17)26-20(18)24/h8-11,17-19,21H,3-7H2,1-2H3. The molecule has 140 valence electrons. The van der Waals surface area contributed by atoms with Crippen molar-refractivity contribution in [1.82, 2.24) is 0 Å². The van der Waals surface area contributed by atoms with Gasteiger partial charge in [-0.2, -0.15) is 0 Å². The highest BCUT2D eigenvalue weighted by Gasteiger charge is 2.54. The largest absolute Gasteiger partial charge is 0.469 e. The summed E-state index contributed by atoms with van der Waals surface area (Å²) in [6.45, 7) is 3.69. The zero-order valence-electron chi connectivity index (χ0n) is 15.1. The maximum Gasteiger partial charge on any atom is 0.318 e. The Morgan fingerprint density at radius 2 is 2.04 bits per heavy atom. The summed E-state index contributed by atoms with van der Waals surface area (Å²) in [7, 11) is 0. The molecule has 1 fully saturated rings. The summed E-state index contributed by atoms with van der Waals surface area (Å²) in [4.78, 5) is 37.4. The molecule has 0 aromatic rings. The van der Waals surface area contributed by atoms with Crippen LogP contribution >= 0.6 is 0 Å². The number of aliphatic hydroxyl groups excluding tert-OH is 1. The lowest BCUT2D eigenvalue weighted by Gasteiger charge is -2.29. The zero-order chi connectivity index (χ0) is 18.8. The summed E-state index contributed by atoms with van der Waals surface area (Å²) in [5.74, 6) is -2.15. The van der Waals surface area contributed by atoms with Gasteiger partial charge in [-0.1, -0.05) is 19.8 Å². The molecule has 1 aliphatic carbocycles. The van der Waals surface area contributed by atoms with E-state index in [-0.39, 0.29) is 11.6 Å². The minimum absolute atomic E-state index is 0.176. The first-order valence-electron chi connectivity index (χ1n) is 9.16. The van der Waals surface area contributed by atoms with Gasteiger partial charge in [-0.15, -0.1) is 0 Å². The molecule has 2 heterocycles. The highest BCUT2D eigenvalue weighted by molar-refractivity contribution is 6.07. The fourth-order valence-corrected chi connectivity index (χ4v) is 3.73. The Labute approximate surface area is 152 Å². The molecule has 4 atom stereocenters. The Kier molecular flexibility index (Phi) is 5.41. The number of carbonyl (C=O) groups excluding carboxylic acids is 3. The lowest BCUT2D eigenvalue weighted by atomic mass is 9.73. The summed E-state index contributed by atoms with van der Waals surface area (Å²) in [6, 6.07) is 0. The Hall–Kier alpha value is -2.21. The molecule has 0 spiro atoms. The van der Waals surface area contributed by atoms with E-state index in [9.17, 15) is 19.5 Å². The van der Waals surface area contributed by atoms with E-state index in [1.165, 1.54) is 12.3 Å². The van der Waals surface area contributed by atoms with Crippen molar-refractivity contribution in [2.75, 3.05) is 0 Å². The molecule has 2 aliphatic heterocycles. The van der Waals surface area contributed by atoms with E-state index >= 15 is 0 Å². The van der Waals surface area contributed by atoms with Gasteiger partial charge in [0.2, 0.25) is 0 Å². The van der Waals surface area contributed by atoms with E-state index in [1.54, 1.807) is 13.0 Å². The van der Waals surface area contributed by atoms with Gasteiger partial charge >= 0.3 is 5.97 Å². The van der Waals surface area contributed by atoms with Crippen LogP contribution in [0.25, 0.3) is 0 Å². The van der Waals surface area contributed by atoms with Crippen LogP contribution in [0, 0.1) is 11.8 Å². The molecule has 0 bridgehead atoms. The number of allylic oxidation sites excluding steroid dienone is 2. The van der Waals surface area contributed by atoms with Crippen LogP contribution < -0.4 is 0 Å². The number of fused-ring (bicyclic) bond motifs is 3. The van der Waals surface area contributed by atoms with Gasteiger partial charge in [0.25, 0.3) is 0 Å². The average Bonchev–Trinajstić information content (AvgIpc) is 2.92. The molecule has 3 rings (SSSR count). The van der Waals surface area contributed by atoms with Gasteiger partial charge in [-0.3, -0.25) is 14.4 Å². The maximum absolute atomic E-state index is 12.6. The van der Waals surface area contributed by atoms with E-state index in [1.807, 2.05) is 6.92 Å². The predicted molar refractivity (Wildman–Crippen MR) is 92.6 cm³/mol. The van der Waals surface area contributed by atoms with Gasteiger partial charge < -0.3 is 14.6 Å². The van der Waals surface area contributed by atoms with Crippen molar-refractivity contribution in [1.29, 1.82) is 0 Å². The zero-order valence-corrected chi connectivity index (χ0v) is 15.1. The highest BCUT2D eigenvalue weighted by Crippen LogP contribution is 2.44. The highest BCUT2D eigenvalue weighted by atomic mass is 16.6. The number of aliphatic hydroxyl groups is 1. The van der Waals surface area contributed by atoms with Gasteiger partial charge in [-0.25, -0.2) is 0 Å². The first kappa shape index (κ1) is 18.6. The number of rotatable bonds is 7. The molecule has 1 saturated heterocycles. The second kappa shape index (κ2) is 7.58. The number of hydrogen-bond acceptors (Lipinski definition) is 6. The van der Waals surface area contributed by atoms with Crippen LogP contribution in [0.2, 0.25) is 0 Å². The van der Waals surface area contributed by atoms with Crippen molar-refractivity contribution in [3.63, 3.8) is 0 Å². The van der Waals surface area contributed by atoms with Crippen LogP contribution in [0.15, 0.2) is 35.3 Å². The maximum atomic E-state index is 12.6. The van der Waals surface area contributed by atoms with Crippen molar-refractivity contribution in [2.45, 2.75) is 58.2 Å². The fraction of sp³-hybridized carbons (Fsp3) is 0.550. The SMILES string of the molecule is CCCCCC(=O)C1C(=O)OC2C(=O)C=C3C=C(CC(C)O)OC=C3C21. The van der Waals surface area contributed by atoms with Gasteiger partial charge in [0.15, 0.2) is 11.9 Å². The summed E-state index contributed by atoms with van der Waals surface area (Å²) in [5.41, 5.74) is 1.27. The topological polar surface area (TPSA) is 89.9 Å². The minimum atomic E-state index is -0.953. The molecular weight excluding hydrogens is 336 g/mol. The van der Waals surface area contributed by atoms with E-state index in [0.29, 0.717) is 29.7 Å². The van der Waals surface area contributed by atoms with Crippen LogP contribution in [0.3, 0.4) is 0 Å². The first-order chi connectivity index (χ1) is 12.4. The molecule has 3 aliphatic rings. The number of unbranched alkanes of at least 4 members (excludes halogenated alkanes) is 2. The molecular formula is C20H24O6. The van der Waals surface area contributed by atoms with E-state index in [2.05, 4.69) is 0 Å². The second-order valence-corrected chi connectivity index (χ2v) is 7.14. The third-order valence-electron chi connectivity index (χ3n) is 4.98. The third kappa shape index (κ3) is 3.51. The first-order valence-corrected chi connectivity index (χ1v) is 9.16. The monoisotopic (exact) mass is 360 g/mol. The van der Waals surface area contributed by atoms with E-state index < -0.39 is 30.0 Å². The molecule has 6 nitrogen and oxygen atoms in total. The van der Waals surface area contributed by atoms with Crippen molar-refractivity contribution in [3.8, 4) is 0 Å². The Bertz CT molecular complexity index is 712. The Morgan fingerprint density at radius 3 is 2.73 bits per heavy atom. The summed E-state index contributed by atoms with van der Waals surface area (Å²) in [5, 5.41) is 9.52. The van der Waals surface area contributed by atoms with Gasteiger partial charge in [0, 0.05) is 18.4 Å². The van der Waals surface area contributed by atoms with Gasteiger partial charge in [0.1, 0.15) is 17.5 Å². The Balaban J connectivity index is 1.85. The number of Topliss-reactive ketones (excluding diaryl/α,β-unsaturated/α-hetero) is 1. The quantitative estimate of drug-likeness (QED) is 0.426. The molecule has 0 aromatic heterocycles. The van der Waals surface area contributed by atoms with Crippen molar-refractivity contribution in [3.05, 3.63) is 35.3 Å². The molecule has 6 heteroatoms. The fourth-order valence-electron chi connectivity index (χ4n) is 3.73. The van der Waals surface area contributed by atoms with Crippen LogP contribution in [0.1, 0.15) is 46.0 Å². The summed E-state index contributed by atoms with van der Waals surface area (Å²) in [6.07, 6.45) is 6.33. The van der Waals surface area contributed by atoms with Crippen LogP contribution in [0.5, 0.6) is 0 Å². The number of ketones is 2. The smallest absolute Gasteiger partial charge is 0.318 e. The van der Waals surface area contributed by atoms with E-state index in [0.717, 1.165) is 19.3 Å². The summed E-state index contributed by atoms with van der Waals surface area (Å²) >= 11 is 0. The van der Waals surface area contributed by atoms with Gasteiger partial charge in [0.05, 0.1) is 18.3 Å². The van der Waals surface area contributed by atoms with Crippen molar-refractivity contribution >= 4 is 17.5 Å². The third-order valence-corrected chi connectivity index (χ3v) is 4.98. The normalized spacial score (nSPS) is 28.1. The summed E-state index contributed by atoms with van der Waals surface area (Å²) < 4.78 is 10.8. The number of carbonyl (C=O) groups is 3. The minimum Gasteiger partial charge on any atom is -0.469 e. The Morgan fingerprint density at radius 1 is 1.27 bits per heavy atom. The van der Waals surface area contributed by atoms with Crippen molar-refractivity contribution < 1.29 is 29.0 Å². The molecule has 0 saturated carbocycles. The molecule has 0 radical (unpaired) electrons. The van der Waals surface area contributed by atoms with Crippen LogP contribution in [-0.2, 0) is 23.9 Å². The van der Waals surface area contributed by atoms with E-state index in [4.69, 9.17) is 9.47 Å².